The number of ketones is 1. The highest BCUT2D eigenvalue weighted by Gasteiger charge is 2.29. The molecule has 1 fully saturated rings. The summed E-state index contributed by atoms with van der Waals surface area (Å²) in [7, 11) is 0. The van der Waals surface area contributed by atoms with Gasteiger partial charge in [-0.05, 0) is 26.2 Å². The van der Waals surface area contributed by atoms with Gasteiger partial charge in [0.25, 0.3) is 0 Å². The van der Waals surface area contributed by atoms with Crippen LogP contribution in [0.4, 0.5) is 0 Å². The quantitative estimate of drug-likeness (QED) is 0.569. The van der Waals surface area contributed by atoms with Crippen molar-refractivity contribution in [3.05, 3.63) is 0 Å². The molecule has 3 atom stereocenters. The van der Waals surface area contributed by atoms with Crippen LogP contribution in [-0.2, 0) is 4.79 Å². The van der Waals surface area contributed by atoms with E-state index in [-0.39, 0.29) is 11.7 Å². The van der Waals surface area contributed by atoms with E-state index in [2.05, 4.69) is 0 Å². The molecule has 0 aliphatic heterocycles. The first-order valence-electron chi connectivity index (χ1n) is 3.98. The summed E-state index contributed by atoms with van der Waals surface area (Å²) in [5, 5.41) is 18.3. The van der Waals surface area contributed by atoms with Crippen molar-refractivity contribution in [2.45, 2.75) is 38.4 Å². The summed E-state index contributed by atoms with van der Waals surface area (Å²) in [5.74, 6) is 0.0874. The maximum absolute atomic E-state index is 10.9. The Hall–Kier alpha value is -0.410. The van der Waals surface area contributed by atoms with Crippen molar-refractivity contribution < 1.29 is 15.0 Å². The average Bonchev–Trinajstić information content (AvgIpc) is 1.94. The standard InChI is InChI=1S/C8H14O3/c1-5(9)6-2-3-7(10)8(11)4-6/h6-8,10-11H,2-4H2,1H3/t6-,7-,8-/m0/s1. The highest BCUT2D eigenvalue weighted by Crippen LogP contribution is 2.24. The Morgan fingerprint density at radius 1 is 1.27 bits per heavy atom. The highest BCUT2D eigenvalue weighted by molar-refractivity contribution is 5.78. The summed E-state index contributed by atoms with van der Waals surface area (Å²) in [6, 6.07) is 0. The van der Waals surface area contributed by atoms with Crippen LogP contribution in [0, 0.1) is 5.92 Å². The molecule has 0 amide bonds. The van der Waals surface area contributed by atoms with E-state index < -0.39 is 12.2 Å². The zero-order chi connectivity index (χ0) is 8.43. The number of hydrogen-bond donors (Lipinski definition) is 2. The predicted octanol–water partition coefficient (Wildman–Crippen LogP) is 0.0973. The van der Waals surface area contributed by atoms with Crippen molar-refractivity contribution in [3.8, 4) is 0 Å². The second kappa shape index (κ2) is 3.32. The minimum atomic E-state index is -0.697. The topological polar surface area (TPSA) is 57.5 Å². The molecule has 2 N–H and O–H groups in total. The molecule has 1 saturated carbocycles. The Morgan fingerprint density at radius 2 is 1.91 bits per heavy atom. The van der Waals surface area contributed by atoms with Gasteiger partial charge in [0.15, 0.2) is 0 Å². The number of rotatable bonds is 1. The first kappa shape index (κ1) is 8.68. The SMILES string of the molecule is CC(=O)[C@H]1CC[C@H](O)[C@@H](O)C1. The molecule has 64 valence electrons. The zero-order valence-corrected chi connectivity index (χ0v) is 6.66. The van der Waals surface area contributed by atoms with E-state index in [4.69, 9.17) is 5.11 Å². The van der Waals surface area contributed by atoms with Crippen molar-refractivity contribution in [1.29, 1.82) is 0 Å². The molecule has 0 spiro atoms. The fourth-order valence-corrected chi connectivity index (χ4v) is 1.50. The van der Waals surface area contributed by atoms with Gasteiger partial charge in [0.05, 0.1) is 12.2 Å². The third-order valence-electron chi connectivity index (χ3n) is 2.36. The van der Waals surface area contributed by atoms with Crippen LogP contribution in [0.2, 0.25) is 0 Å². The van der Waals surface area contributed by atoms with Gasteiger partial charge in [0, 0.05) is 5.92 Å². The molecule has 1 aliphatic rings. The van der Waals surface area contributed by atoms with Gasteiger partial charge in [-0.1, -0.05) is 0 Å². The molecule has 0 radical (unpaired) electrons. The van der Waals surface area contributed by atoms with Crippen LogP contribution in [0.3, 0.4) is 0 Å². The van der Waals surface area contributed by atoms with Gasteiger partial charge >= 0.3 is 0 Å². The molecule has 0 unspecified atom stereocenters. The largest absolute Gasteiger partial charge is 0.390 e. The monoisotopic (exact) mass is 158 g/mol. The first-order valence-corrected chi connectivity index (χ1v) is 3.98. The molecule has 0 bridgehead atoms. The van der Waals surface area contributed by atoms with Crippen LogP contribution >= 0.6 is 0 Å². The Balaban J connectivity index is 2.46. The van der Waals surface area contributed by atoms with Crippen LogP contribution < -0.4 is 0 Å². The second-order valence-electron chi connectivity index (χ2n) is 3.26. The fraction of sp³-hybridized carbons (Fsp3) is 0.875. The summed E-state index contributed by atoms with van der Waals surface area (Å²) >= 11 is 0. The van der Waals surface area contributed by atoms with E-state index in [9.17, 15) is 9.90 Å². The Morgan fingerprint density at radius 3 is 2.36 bits per heavy atom. The smallest absolute Gasteiger partial charge is 0.133 e. The molecule has 0 aromatic heterocycles. The van der Waals surface area contributed by atoms with E-state index in [1.807, 2.05) is 0 Å². The lowest BCUT2D eigenvalue weighted by Gasteiger charge is -2.28. The third kappa shape index (κ3) is 2.01. The van der Waals surface area contributed by atoms with Crippen LogP contribution in [0.5, 0.6) is 0 Å². The lowest BCUT2D eigenvalue weighted by Crippen LogP contribution is -2.35. The molecule has 3 heteroatoms. The number of Topliss-reactive ketones (excluding diaryl/α,β-unsaturated/α-hetero) is 1. The molecule has 0 aromatic rings. The minimum absolute atomic E-state index is 0.0339. The van der Waals surface area contributed by atoms with Crippen molar-refractivity contribution in [2.75, 3.05) is 0 Å². The molecular formula is C8H14O3. The second-order valence-corrected chi connectivity index (χ2v) is 3.26. The molecule has 1 rings (SSSR count). The molecule has 1 aliphatic carbocycles. The number of aliphatic hydroxyl groups excluding tert-OH is 2. The Kier molecular flexibility index (Phi) is 2.62. The van der Waals surface area contributed by atoms with Crippen LogP contribution in [0.1, 0.15) is 26.2 Å². The predicted molar refractivity (Wildman–Crippen MR) is 40.0 cm³/mol. The van der Waals surface area contributed by atoms with Gasteiger partial charge in [-0.3, -0.25) is 4.79 Å². The van der Waals surface area contributed by atoms with Gasteiger partial charge in [-0.15, -0.1) is 0 Å². The van der Waals surface area contributed by atoms with Crippen LogP contribution in [-0.4, -0.2) is 28.2 Å². The maximum Gasteiger partial charge on any atom is 0.133 e. The molecular weight excluding hydrogens is 144 g/mol. The lowest BCUT2D eigenvalue weighted by atomic mass is 9.83. The molecule has 0 heterocycles. The average molecular weight is 158 g/mol. The molecule has 11 heavy (non-hydrogen) atoms. The van der Waals surface area contributed by atoms with Gasteiger partial charge in [0.2, 0.25) is 0 Å². The molecule has 0 saturated heterocycles. The summed E-state index contributed by atoms with van der Waals surface area (Å²) in [5.41, 5.74) is 0. The first-order chi connectivity index (χ1) is 5.11. The Bertz CT molecular complexity index is 155. The van der Waals surface area contributed by atoms with Crippen molar-refractivity contribution >= 4 is 5.78 Å². The van der Waals surface area contributed by atoms with E-state index in [1.165, 1.54) is 6.92 Å². The normalized spacial score (nSPS) is 38.6. The van der Waals surface area contributed by atoms with Gasteiger partial charge in [-0.2, -0.15) is 0 Å². The maximum atomic E-state index is 10.9. The Labute approximate surface area is 66.0 Å². The third-order valence-corrected chi connectivity index (χ3v) is 2.36. The summed E-state index contributed by atoms with van der Waals surface area (Å²) in [6.45, 7) is 1.54. The van der Waals surface area contributed by atoms with E-state index in [1.54, 1.807) is 0 Å². The van der Waals surface area contributed by atoms with E-state index in [0.717, 1.165) is 0 Å². The summed E-state index contributed by atoms with van der Waals surface area (Å²) in [4.78, 5) is 10.9. The van der Waals surface area contributed by atoms with Crippen LogP contribution in [0.15, 0.2) is 0 Å². The highest BCUT2D eigenvalue weighted by atomic mass is 16.3. The summed E-state index contributed by atoms with van der Waals surface area (Å²) < 4.78 is 0. The van der Waals surface area contributed by atoms with E-state index >= 15 is 0 Å². The van der Waals surface area contributed by atoms with Gasteiger partial charge < -0.3 is 10.2 Å². The minimum Gasteiger partial charge on any atom is -0.390 e. The number of carbonyl (C=O) groups is 1. The van der Waals surface area contributed by atoms with Crippen molar-refractivity contribution in [1.82, 2.24) is 0 Å². The van der Waals surface area contributed by atoms with Crippen molar-refractivity contribution in [2.24, 2.45) is 5.92 Å². The number of carbonyl (C=O) groups excluding carboxylic acids is 1. The van der Waals surface area contributed by atoms with Gasteiger partial charge in [-0.25, -0.2) is 0 Å². The zero-order valence-electron chi connectivity index (χ0n) is 6.66. The fourth-order valence-electron chi connectivity index (χ4n) is 1.50. The van der Waals surface area contributed by atoms with Gasteiger partial charge in [0.1, 0.15) is 5.78 Å². The number of aliphatic hydroxyl groups is 2. The van der Waals surface area contributed by atoms with Crippen molar-refractivity contribution in [3.63, 3.8) is 0 Å². The number of hydrogen-bond acceptors (Lipinski definition) is 3. The molecule has 3 nitrogen and oxygen atoms in total. The van der Waals surface area contributed by atoms with Crippen LogP contribution in [0.25, 0.3) is 0 Å². The summed E-state index contributed by atoms with van der Waals surface area (Å²) in [6.07, 6.45) is 0.374. The molecule has 0 aromatic carbocycles. The van der Waals surface area contributed by atoms with E-state index in [0.29, 0.717) is 19.3 Å². The lowest BCUT2D eigenvalue weighted by molar-refractivity contribution is -0.125.